The number of nitrogen functional groups attached to an aromatic ring is 1. The largest absolute Gasteiger partial charge is 0.481 e. The second-order valence-electron chi connectivity index (χ2n) is 5.62. The summed E-state index contributed by atoms with van der Waals surface area (Å²) in [7, 11) is 0. The van der Waals surface area contributed by atoms with Crippen LogP contribution in [0.4, 0.5) is 5.69 Å². The van der Waals surface area contributed by atoms with Gasteiger partial charge in [0.25, 0.3) is 5.91 Å². The number of carbonyl (C=O) groups excluding carboxylic acids is 1. The molecule has 0 aliphatic rings. The fraction of sp³-hybridized carbons (Fsp3) is 0.429. The molecule has 0 saturated carbocycles. The van der Waals surface area contributed by atoms with Gasteiger partial charge in [0.05, 0.1) is 22.2 Å². The summed E-state index contributed by atoms with van der Waals surface area (Å²) < 4.78 is 0. The Labute approximate surface area is 133 Å². The fourth-order valence-corrected chi connectivity index (χ4v) is 2.30. The molecule has 0 fully saturated rings. The van der Waals surface area contributed by atoms with E-state index in [9.17, 15) is 9.59 Å². The number of carboxylic acids is 1. The molecule has 5 nitrogen and oxygen atoms in total. The van der Waals surface area contributed by atoms with E-state index < -0.39 is 11.5 Å². The minimum atomic E-state index is -0.967. The minimum absolute atomic E-state index is 0.0945. The molecule has 0 unspecified atom stereocenters. The third-order valence-electron chi connectivity index (χ3n) is 2.93. The Bertz CT molecular complexity index is 545. The Balaban J connectivity index is 3.14. The standard InChI is InChI=1S/C14H18Cl2N2O3/c1-14(2,3)18(5-4-11(19)20)13(21)8-6-9(15)12(17)10(16)7-8/h6-7H,4-5,17H2,1-3H3,(H,19,20). The molecule has 7 heteroatoms. The number of rotatable bonds is 4. The second kappa shape index (κ2) is 6.54. The van der Waals surface area contributed by atoms with Crippen LogP contribution in [0.15, 0.2) is 12.1 Å². The van der Waals surface area contributed by atoms with E-state index in [1.165, 1.54) is 17.0 Å². The summed E-state index contributed by atoms with van der Waals surface area (Å²) in [6.45, 7) is 5.57. The van der Waals surface area contributed by atoms with E-state index in [1.807, 2.05) is 20.8 Å². The van der Waals surface area contributed by atoms with Crippen LogP contribution in [0, 0.1) is 0 Å². The summed E-state index contributed by atoms with van der Waals surface area (Å²) >= 11 is 11.9. The molecule has 0 spiro atoms. The van der Waals surface area contributed by atoms with E-state index in [1.54, 1.807) is 0 Å². The topological polar surface area (TPSA) is 83.6 Å². The highest BCUT2D eigenvalue weighted by Crippen LogP contribution is 2.30. The van der Waals surface area contributed by atoms with Gasteiger partial charge in [-0.3, -0.25) is 9.59 Å². The van der Waals surface area contributed by atoms with Crippen molar-refractivity contribution in [3.05, 3.63) is 27.7 Å². The van der Waals surface area contributed by atoms with Gasteiger partial charge in [-0.1, -0.05) is 23.2 Å². The van der Waals surface area contributed by atoms with Crippen LogP contribution in [0.25, 0.3) is 0 Å². The molecule has 0 bridgehead atoms. The van der Waals surface area contributed by atoms with Gasteiger partial charge in [-0.15, -0.1) is 0 Å². The van der Waals surface area contributed by atoms with Gasteiger partial charge < -0.3 is 15.7 Å². The third-order valence-corrected chi connectivity index (χ3v) is 3.56. The highest BCUT2D eigenvalue weighted by atomic mass is 35.5. The number of nitrogens with zero attached hydrogens (tertiary/aromatic N) is 1. The molecule has 21 heavy (non-hydrogen) atoms. The minimum Gasteiger partial charge on any atom is -0.481 e. The quantitative estimate of drug-likeness (QED) is 0.828. The highest BCUT2D eigenvalue weighted by Gasteiger charge is 2.28. The van der Waals surface area contributed by atoms with E-state index in [2.05, 4.69) is 0 Å². The first-order chi connectivity index (χ1) is 9.54. The van der Waals surface area contributed by atoms with E-state index in [-0.39, 0.29) is 40.2 Å². The van der Waals surface area contributed by atoms with Crippen LogP contribution in [-0.2, 0) is 4.79 Å². The molecule has 0 radical (unpaired) electrons. The molecule has 1 aromatic rings. The second-order valence-corrected chi connectivity index (χ2v) is 6.44. The average Bonchev–Trinajstić information content (AvgIpc) is 2.33. The molecule has 0 saturated heterocycles. The van der Waals surface area contributed by atoms with Crippen molar-refractivity contribution in [1.29, 1.82) is 0 Å². The maximum absolute atomic E-state index is 12.6. The van der Waals surface area contributed by atoms with Crippen LogP contribution in [0.3, 0.4) is 0 Å². The number of carboxylic acid groups (broad SMARTS) is 1. The van der Waals surface area contributed by atoms with Gasteiger partial charge in [0.1, 0.15) is 0 Å². The molecule has 1 amide bonds. The molecule has 0 aliphatic carbocycles. The summed E-state index contributed by atoms with van der Waals surface area (Å²) in [4.78, 5) is 24.8. The summed E-state index contributed by atoms with van der Waals surface area (Å²) in [6, 6.07) is 2.87. The number of halogens is 2. The van der Waals surface area contributed by atoms with Crippen LogP contribution in [0.2, 0.25) is 10.0 Å². The molecule has 0 aromatic heterocycles. The summed E-state index contributed by atoms with van der Waals surface area (Å²) in [5.74, 6) is -1.31. The first kappa shape index (κ1) is 17.6. The van der Waals surface area contributed by atoms with Crippen molar-refractivity contribution >= 4 is 40.8 Å². The Morgan fingerprint density at radius 3 is 2.10 bits per heavy atom. The average molecular weight is 333 g/mol. The Hall–Kier alpha value is -1.46. The summed E-state index contributed by atoms with van der Waals surface area (Å²) in [6.07, 6.45) is -0.139. The Kier molecular flexibility index (Phi) is 5.48. The fourth-order valence-electron chi connectivity index (χ4n) is 1.81. The number of benzene rings is 1. The van der Waals surface area contributed by atoms with Crippen molar-refractivity contribution in [2.24, 2.45) is 0 Å². The zero-order chi connectivity index (χ0) is 16.4. The first-order valence-electron chi connectivity index (χ1n) is 6.32. The molecular formula is C14H18Cl2N2O3. The predicted molar refractivity (Wildman–Crippen MR) is 83.9 cm³/mol. The van der Waals surface area contributed by atoms with E-state index in [4.69, 9.17) is 34.0 Å². The van der Waals surface area contributed by atoms with Crippen LogP contribution < -0.4 is 5.73 Å². The van der Waals surface area contributed by atoms with Gasteiger partial charge in [-0.25, -0.2) is 0 Å². The van der Waals surface area contributed by atoms with Gasteiger partial charge in [0.2, 0.25) is 0 Å². The van der Waals surface area contributed by atoms with E-state index in [0.717, 1.165) is 0 Å². The normalized spacial score (nSPS) is 11.3. The van der Waals surface area contributed by atoms with Gasteiger partial charge in [0, 0.05) is 17.6 Å². The van der Waals surface area contributed by atoms with Gasteiger partial charge in [-0.2, -0.15) is 0 Å². The van der Waals surface area contributed by atoms with Crippen molar-refractivity contribution in [1.82, 2.24) is 4.90 Å². The van der Waals surface area contributed by atoms with Crippen molar-refractivity contribution in [3.8, 4) is 0 Å². The zero-order valence-electron chi connectivity index (χ0n) is 12.1. The maximum atomic E-state index is 12.6. The monoisotopic (exact) mass is 332 g/mol. The van der Waals surface area contributed by atoms with E-state index >= 15 is 0 Å². The Morgan fingerprint density at radius 1 is 1.24 bits per heavy atom. The number of hydrogen-bond acceptors (Lipinski definition) is 3. The summed E-state index contributed by atoms with van der Waals surface area (Å²) in [5, 5.41) is 9.19. The molecule has 1 aromatic carbocycles. The third kappa shape index (κ3) is 4.51. The SMILES string of the molecule is CC(C)(C)N(CCC(=O)O)C(=O)c1cc(Cl)c(N)c(Cl)c1. The molecule has 0 aliphatic heterocycles. The van der Waals surface area contributed by atoms with Crippen LogP contribution >= 0.6 is 23.2 Å². The van der Waals surface area contributed by atoms with Crippen molar-refractivity contribution in [2.75, 3.05) is 12.3 Å². The number of anilines is 1. The molecule has 1 rings (SSSR count). The molecule has 3 N–H and O–H groups in total. The number of hydrogen-bond donors (Lipinski definition) is 2. The first-order valence-corrected chi connectivity index (χ1v) is 7.08. The number of nitrogens with two attached hydrogens (primary N) is 1. The van der Waals surface area contributed by atoms with Gasteiger partial charge in [-0.05, 0) is 32.9 Å². The van der Waals surface area contributed by atoms with Crippen molar-refractivity contribution < 1.29 is 14.7 Å². The summed E-state index contributed by atoms with van der Waals surface area (Å²) in [5.41, 5.74) is 5.60. The molecular weight excluding hydrogens is 315 g/mol. The number of amides is 1. The number of carbonyl (C=O) groups is 2. The van der Waals surface area contributed by atoms with Gasteiger partial charge in [0.15, 0.2) is 0 Å². The lowest BCUT2D eigenvalue weighted by atomic mass is 10.0. The zero-order valence-corrected chi connectivity index (χ0v) is 13.6. The Morgan fingerprint density at radius 2 is 1.71 bits per heavy atom. The van der Waals surface area contributed by atoms with Crippen molar-refractivity contribution in [2.45, 2.75) is 32.7 Å². The molecule has 0 atom stereocenters. The van der Waals surface area contributed by atoms with Crippen LogP contribution in [-0.4, -0.2) is 34.0 Å². The van der Waals surface area contributed by atoms with E-state index in [0.29, 0.717) is 0 Å². The maximum Gasteiger partial charge on any atom is 0.305 e. The lowest BCUT2D eigenvalue weighted by Gasteiger charge is -2.35. The molecule has 0 heterocycles. The lowest BCUT2D eigenvalue weighted by Crippen LogP contribution is -2.46. The number of aliphatic carboxylic acids is 1. The van der Waals surface area contributed by atoms with Crippen molar-refractivity contribution in [3.63, 3.8) is 0 Å². The smallest absolute Gasteiger partial charge is 0.305 e. The molecule has 116 valence electrons. The highest BCUT2D eigenvalue weighted by molar-refractivity contribution is 6.39. The van der Waals surface area contributed by atoms with Crippen LogP contribution in [0.5, 0.6) is 0 Å². The predicted octanol–water partition coefficient (Wildman–Crippen LogP) is 3.29. The van der Waals surface area contributed by atoms with Crippen LogP contribution in [0.1, 0.15) is 37.6 Å². The van der Waals surface area contributed by atoms with Gasteiger partial charge >= 0.3 is 5.97 Å². The lowest BCUT2D eigenvalue weighted by molar-refractivity contribution is -0.137.